The van der Waals surface area contributed by atoms with Gasteiger partial charge in [-0.05, 0) is 32.2 Å². The summed E-state index contributed by atoms with van der Waals surface area (Å²) in [6, 6.07) is 2.02. The lowest BCUT2D eigenvalue weighted by Crippen LogP contribution is -2.43. The molecule has 2 heterocycles. The lowest BCUT2D eigenvalue weighted by Gasteiger charge is -2.31. The maximum Gasteiger partial charge on any atom is 0.180 e. The second-order valence-electron chi connectivity index (χ2n) is 5.72. The van der Waals surface area contributed by atoms with Crippen molar-refractivity contribution in [1.29, 1.82) is 5.26 Å². The van der Waals surface area contributed by atoms with E-state index in [1.165, 1.54) is 0 Å². The van der Waals surface area contributed by atoms with Gasteiger partial charge in [-0.3, -0.25) is 4.79 Å². The third-order valence-corrected chi connectivity index (χ3v) is 4.52. The van der Waals surface area contributed by atoms with Crippen molar-refractivity contribution >= 4 is 17.4 Å². The Morgan fingerprint density at radius 2 is 2.32 bits per heavy atom. The number of carbonyl (C=O) groups excluding carboxylic acids is 1. The van der Waals surface area contributed by atoms with Crippen LogP contribution in [-0.4, -0.2) is 36.6 Å². The van der Waals surface area contributed by atoms with E-state index in [0.29, 0.717) is 29.4 Å². The number of aryl methyl sites for hydroxylation is 1. The molecule has 0 bridgehead atoms. The summed E-state index contributed by atoms with van der Waals surface area (Å²) in [7, 11) is 0. The number of rotatable bonds is 6. The number of nitriles is 1. The number of piperidine rings is 1. The van der Waals surface area contributed by atoms with Crippen molar-refractivity contribution in [3.63, 3.8) is 0 Å². The minimum absolute atomic E-state index is 0.0507. The molecule has 1 fully saturated rings. The summed E-state index contributed by atoms with van der Waals surface area (Å²) in [6.45, 7) is 6.19. The summed E-state index contributed by atoms with van der Waals surface area (Å²) in [6.07, 6.45) is 2.28. The lowest BCUT2D eigenvalue weighted by atomic mass is 9.89. The van der Waals surface area contributed by atoms with Crippen molar-refractivity contribution in [3.8, 4) is 6.07 Å². The Morgan fingerprint density at radius 1 is 1.55 bits per heavy atom. The van der Waals surface area contributed by atoms with E-state index in [0.717, 1.165) is 25.9 Å². The average Bonchev–Trinajstić information content (AvgIpc) is 2.81. The second-order valence-corrected chi connectivity index (χ2v) is 6.09. The molecule has 2 atom stereocenters. The number of Topliss-reactive ketones (excluding diaryl/α,β-unsaturated/α-hetero) is 1. The minimum Gasteiger partial charge on any atom is -0.377 e. The summed E-state index contributed by atoms with van der Waals surface area (Å²) >= 11 is 6.06. The van der Waals surface area contributed by atoms with Gasteiger partial charge in [-0.15, -0.1) is 0 Å². The quantitative estimate of drug-likeness (QED) is 0.789. The zero-order chi connectivity index (χ0) is 16.1. The van der Waals surface area contributed by atoms with Gasteiger partial charge in [0.1, 0.15) is 11.8 Å². The first-order chi connectivity index (χ1) is 10.6. The number of halogens is 1. The summed E-state index contributed by atoms with van der Waals surface area (Å²) in [5.74, 6) is 0.109. The molecule has 1 aromatic heterocycles. The van der Waals surface area contributed by atoms with Crippen molar-refractivity contribution in [2.75, 3.05) is 19.7 Å². The van der Waals surface area contributed by atoms with Crippen molar-refractivity contribution in [1.82, 2.24) is 10.3 Å². The SMILES string of the molecule is CCCO[C@H]1CNCC[C@H]1CC(=O)c1[nH]c(C)c(Cl)c1C#N. The van der Waals surface area contributed by atoms with E-state index in [2.05, 4.69) is 17.2 Å². The molecule has 22 heavy (non-hydrogen) atoms. The third-order valence-electron chi connectivity index (χ3n) is 4.05. The van der Waals surface area contributed by atoms with Crippen LogP contribution in [0.3, 0.4) is 0 Å². The van der Waals surface area contributed by atoms with E-state index >= 15 is 0 Å². The van der Waals surface area contributed by atoms with Crippen molar-refractivity contribution in [3.05, 3.63) is 22.0 Å². The third kappa shape index (κ3) is 3.70. The number of nitrogens with one attached hydrogen (secondary N) is 2. The number of ether oxygens (including phenoxy) is 1. The van der Waals surface area contributed by atoms with Crippen LogP contribution in [0.5, 0.6) is 0 Å². The van der Waals surface area contributed by atoms with Gasteiger partial charge in [0.25, 0.3) is 0 Å². The highest BCUT2D eigenvalue weighted by atomic mass is 35.5. The highest BCUT2D eigenvalue weighted by Gasteiger charge is 2.29. The molecule has 1 saturated heterocycles. The molecule has 6 heteroatoms. The van der Waals surface area contributed by atoms with Gasteiger partial charge in [0.15, 0.2) is 5.78 Å². The number of aromatic nitrogens is 1. The monoisotopic (exact) mass is 323 g/mol. The molecule has 2 N–H and O–H groups in total. The molecule has 5 nitrogen and oxygen atoms in total. The molecule has 0 spiro atoms. The normalized spacial score (nSPS) is 21.5. The van der Waals surface area contributed by atoms with Gasteiger partial charge in [-0.2, -0.15) is 5.26 Å². The van der Waals surface area contributed by atoms with Crippen LogP contribution in [0, 0.1) is 24.2 Å². The van der Waals surface area contributed by atoms with Crippen molar-refractivity contribution in [2.45, 2.75) is 39.2 Å². The topological polar surface area (TPSA) is 77.9 Å². The zero-order valence-corrected chi connectivity index (χ0v) is 13.8. The number of hydrogen-bond acceptors (Lipinski definition) is 4. The Hall–Kier alpha value is -1.35. The summed E-state index contributed by atoms with van der Waals surface area (Å²) in [5.41, 5.74) is 1.24. The lowest BCUT2D eigenvalue weighted by molar-refractivity contribution is -0.00281. The standard InChI is InChI=1S/C16H22ClN3O2/c1-3-6-22-14-9-19-5-4-11(14)7-13(21)16-12(8-18)15(17)10(2)20-16/h11,14,19-20H,3-7,9H2,1-2H3/t11-,14-/m0/s1. The zero-order valence-electron chi connectivity index (χ0n) is 13.0. The van der Waals surface area contributed by atoms with Crippen LogP contribution in [0.4, 0.5) is 0 Å². The number of aromatic amines is 1. The predicted octanol–water partition coefficient (Wildman–Crippen LogP) is 2.83. The fraction of sp³-hybridized carbons (Fsp3) is 0.625. The van der Waals surface area contributed by atoms with Gasteiger partial charge in [0, 0.05) is 25.3 Å². The van der Waals surface area contributed by atoms with Gasteiger partial charge in [0.2, 0.25) is 0 Å². The van der Waals surface area contributed by atoms with Crippen LogP contribution in [0.2, 0.25) is 5.02 Å². The fourth-order valence-electron chi connectivity index (χ4n) is 2.84. The van der Waals surface area contributed by atoms with Crippen LogP contribution < -0.4 is 5.32 Å². The van der Waals surface area contributed by atoms with Crippen molar-refractivity contribution in [2.24, 2.45) is 5.92 Å². The molecule has 0 saturated carbocycles. The Balaban J connectivity index is 2.10. The van der Waals surface area contributed by atoms with Gasteiger partial charge in [-0.1, -0.05) is 18.5 Å². The van der Waals surface area contributed by atoms with E-state index in [9.17, 15) is 10.1 Å². The summed E-state index contributed by atoms with van der Waals surface area (Å²) < 4.78 is 5.85. The fourth-order valence-corrected chi connectivity index (χ4v) is 3.02. The molecule has 1 aliphatic rings. The molecule has 0 aromatic carbocycles. The first kappa shape index (κ1) is 17.0. The van der Waals surface area contributed by atoms with Crippen LogP contribution >= 0.6 is 11.6 Å². The highest BCUT2D eigenvalue weighted by Crippen LogP contribution is 2.27. The van der Waals surface area contributed by atoms with Crippen LogP contribution in [0.25, 0.3) is 0 Å². The van der Waals surface area contributed by atoms with Gasteiger partial charge in [0.05, 0.1) is 16.7 Å². The molecule has 0 radical (unpaired) electrons. The van der Waals surface area contributed by atoms with E-state index in [1.807, 2.05) is 6.07 Å². The van der Waals surface area contributed by atoms with Crippen LogP contribution in [0.15, 0.2) is 0 Å². The average molecular weight is 324 g/mol. The predicted molar refractivity (Wildman–Crippen MR) is 85.2 cm³/mol. The van der Waals surface area contributed by atoms with Crippen molar-refractivity contribution < 1.29 is 9.53 Å². The molecule has 1 aromatic rings. The Labute approximate surface area is 136 Å². The Morgan fingerprint density at radius 3 is 3.00 bits per heavy atom. The number of ketones is 1. The second kappa shape index (κ2) is 7.77. The minimum atomic E-state index is -0.0662. The van der Waals surface area contributed by atoms with E-state index < -0.39 is 0 Å². The molecular weight excluding hydrogens is 302 g/mol. The maximum atomic E-state index is 12.6. The first-order valence-electron chi connectivity index (χ1n) is 7.72. The largest absolute Gasteiger partial charge is 0.377 e. The van der Waals surface area contributed by atoms with E-state index in [-0.39, 0.29) is 23.4 Å². The molecule has 2 rings (SSSR count). The molecule has 0 aliphatic carbocycles. The number of carbonyl (C=O) groups is 1. The number of hydrogen-bond donors (Lipinski definition) is 2. The van der Waals surface area contributed by atoms with E-state index in [1.54, 1.807) is 6.92 Å². The molecular formula is C16H22ClN3O2. The molecule has 120 valence electrons. The van der Waals surface area contributed by atoms with E-state index in [4.69, 9.17) is 16.3 Å². The maximum absolute atomic E-state index is 12.6. The first-order valence-corrected chi connectivity index (χ1v) is 8.09. The van der Waals surface area contributed by atoms with Crippen LogP contribution in [-0.2, 0) is 4.74 Å². The number of H-pyrrole nitrogens is 1. The Bertz CT molecular complexity index is 577. The molecule has 0 unspecified atom stereocenters. The summed E-state index contributed by atoms with van der Waals surface area (Å²) in [4.78, 5) is 15.5. The van der Waals surface area contributed by atoms with Gasteiger partial charge < -0.3 is 15.0 Å². The smallest absolute Gasteiger partial charge is 0.180 e. The molecule has 1 aliphatic heterocycles. The number of nitrogens with zero attached hydrogens (tertiary/aromatic N) is 1. The Kier molecular flexibility index (Phi) is 6.01. The molecule has 0 amide bonds. The highest BCUT2D eigenvalue weighted by molar-refractivity contribution is 6.33. The van der Waals surface area contributed by atoms with Crippen LogP contribution in [0.1, 0.15) is 47.9 Å². The van der Waals surface area contributed by atoms with Gasteiger partial charge >= 0.3 is 0 Å². The van der Waals surface area contributed by atoms with Gasteiger partial charge in [-0.25, -0.2) is 0 Å². The summed E-state index contributed by atoms with van der Waals surface area (Å²) in [5, 5.41) is 12.8.